The van der Waals surface area contributed by atoms with Crippen LogP contribution < -0.4 is 16.1 Å². The molecular formula is C18H17FN4O3. The van der Waals surface area contributed by atoms with Crippen LogP contribution in [0.25, 0.3) is 10.9 Å². The lowest BCUT2D eigenvalue weighted by Gasteiger charge is -2.06. The van der Waals surface area contributed by atoms with Crippen molar-refractivity contribution in [3.8, 4) is 0 Å². The molecule has 3 aromatic rings. The first-order valence-corrected chi connectivity index (χ1v) is 7.98. The van der Waals surface area contributed by atoms with Crippen molar-refractivity contribution in [1.29, 1.82) is 0 Å². The van der Waals surface area contributed by atoms with E-state index in [9.17, 15) is 18.8 Å². The summed E-state index contributed by atoms with van der Waals surface area (Å²) in [6, 6.07) is 5.71. The van der Waals surface area contributed by atoms with Crippen molar-refractivity contribution in [3.63, 3.8) is 0 Å². The van der Waals surface area contributed by atoms with Crippen LogP contribution in [0.15, 0.2) is 41.5 Å². The predicted molar refractivity (Wildman–Crippen MR) is 95.4 cm³/mol. The van der Waals surface area contributed by atoms with Gasteiger partial charge in [-0.3, -0.25) is 14.4 Å². The van der Waals surface area contributed by atoms with Crippen LogP contribution in [0, 0.1) is 12.7 Å². The first-order valence-electron chi connectivity index (χ1n) is 7.98. The van der Waals surface area contributed by atoms with Crippen molar-refractivity contribution in [2.45, 2.75) is 13.3 Å². The summed E-state index contributed by atoms with van der Waals surface area (Å²) < 4.78 is 13.5. The highest BCUT2D eigenvalue weighted by Gasteiger charge is 2.15. The molecule has 1 aromatic carbocycles. The summed E-state index contributed by atoms with van der Waals surface area (Å²) in [6.45, 7) is 2.06. The Morgan fingerprint density at radius 2 is 2.00 bits per heavy atom. The Morgan fingerprint density at radius 3 is 2.77 bits per heavy atom. The second kappa shape index (κ2) is 7.22. The van der Waals surface area contributed by atoms with Gasteiger partial charge in [0.15, 0.2) is 0 Å². The number of aryl methyl sites for hydroxylation is 1. The Morgan fingerprint density at radius 1 is 1.19 bits per heavy atom. The topological polar surface area (TPSA) is 107 Å². The van der Waals surface area contributed by atoms with Gasteiger partial charge in [-0.1, -0.05) is 0 Å². The fourth-order valence-electron chi connectivity index (χ4n) is 2.75. The quantitative estimate of drug-likeness (QED) is 0.533. The van der Waals surface area contributed by atoms with Gasteiger partial charge in [0.25, 0.3) is 0 Å². The van der Waals surface area contributed by atoms with E-state index in [-0.39, 0.29) is 18.0 Å². The number of carbonyl (C=O) groups is 2. The molecule has 26 heavy (non-hydrogen) atoms. The second-order valence-corrected chi connectivity index (χ2v) is 5.80. The summed E-state index contributed by atoms with van der Waals surface area (Å²) in [6.07, 6.45) is 3.15. The van der Waals surface area contributed by atoms with E-state index in [1.165, 1.54) is 30.6 Å². The molecule has 2 aromatic heterocycles. The Kier molecular flexibility index (Phi) is 4.83. The maximum Gasteiger partial charge on any atom is 0.313 e. The lowest BCUT2D eigenvalue weighted by Crippen LogP contribution is -2.37. The van der Waals surface area contributed by atoms with E-state index in [1.807, 2.05) is 6.92 Å². The Labute approximate surface area is 147 Å². The van der Waals surface area contributed by atoms with Gasteiger partial charge >= 0.3 is 11.8 Å². The van der Waals surface area contributed by atoms with E-state index in [1.54, 1.807) is 6.07 Å². The van der Waals surface area contributed by atoms with Gasteiger partial charge in [-0.15, -0.1) is 0 Å². The van der Waals surface area contributed by atoms with Crippen LogP contribution >= 0.6 is 0 Å². The molecule has 134 valence electrons. The summed E-state index contributed by atoms with van der Waals surface area (Å²) in [7, 11) is 0. The smallest absolute Gasteiger partial charge is 0.313 e. The van der Waals surface area contributed by atoms with E-state index in [0.29, 0.717) is 6.42 Å². The highest BCUT2D eigenvalue weighted by molar-refractivity contribution is 6.39. The number of halogens is 1. The van der Waals surface area contributed by atoms with Crippen LogP contribution in [0.4, 0.5) is 10.1 Å². The summed E-state index contributed by atoms with van der Waals surface area (Å²) in [5.74, 6) is -2.12. The molecule has 0 saturated heterocycles. The van der Waals surface area contributed by atoms with Crippen molar-refractivity contribution < 1.29 is 14.0 Å². The molecule has 0 atom stereocenters. The van der Waals surface area contributed by atoms with Crippen molar-refractivity contribution in [1.82, 2.24) is 15.3 Å². The maximum atomic E-state index is 13.5. The van der Waals surface area contributed by atoms with E-state index < -0.39 is 17.2 Å². The number of nitrogens with one attached hydrogen (secondary N) is 4. The summed E-state index contributed by atoms with van der Waals surface area (Å²) >= 11 is 0. The lowest BCUT2D eigenvalue weighted by atomic mass is 10.1. The number of H-pyrrole nitrogens is 2. The highest BCUT2D eigenvalue weighted by atomic mass is 19.1. The highest BCUT2D eigenvalue weighted by Crippen LogP contribution is 2.23. The minimum absolute atomic E-state index is 0.00408. The third-order valence-electron chi connectivity index (χ3n) is 4.02. The largest absolute Gasteiger partial charge is 0.366 e. The van der Waals surface area contributed by atoms with Gasteiger partial charge < -0.3 is 20.6 Å². The molecule has 0 fully saturated rings. The average molecular weight is 356 g/mol. The van der Waals surface area contributed by atoms with Crippen molar-refractivity contribution in [2.24, 2.45) is 0 Å². The summed E-state index contributed by atoms with van der Waals surface area (Å²) in [5, 5.41) is 5.49. The molecule has 0 saturated carbocycles. The molecule has 0 spiro atoms. The summed E-state index contributed by atoms with van der Waals surface area (Å²) in [5.41, 5.74) is 2.16. The van der Waals surface area contributed by atoms with Crippen LogP contribution in [-0.4, -0.2) is 28.3 Å². The van der Waals surface area contributed by atoms with Crippen LogP contribution in [0.3, 0.4) is 0 Å². The van der Waals surface area contributed by atoms with Crippen LogP contribution in [0.5, 0.6) is 0 Å². The van der Waals surface area contributed by atoms with E-state index in [0.717, 1.165) is 22.2 Å². The SMILES string of the molecule is Cc1[nH]c2ccc(F)cc2c1CCNC(=O)C(=O)Nc1c[nH]ccc1=O. The summed E-state index contributed by atoms with van der Waals surface area (Å²) in [4.78, 5) is 41.1. The van der Waals surface area contributed by atoms with Gasteiger partial charge in [-0.25, -0.2) is 4.39 Å². The molecule has 2 amide bonds. The monoisotopic (exact) mass is 356 g/mol. The second-order valence-electron chi connectivity index (χ2n) is 5.80. The normalized spacial score (nSPS) is 10.7. The zero-order valence-electron chi connectivity index (χ0n) is 14.0. The van der Waals surface area contributed by atoms with Gasteiger partial charge in [-0.05, 0) is 37.1 Å². The van der Waals surface area contributed by atoms with Crippen molar-refractivity contribution >= 4 is 28.4 Å². The maximum absolute atomic E-state index is 13.5. The number of pyridine rings is 1. The molecule has 3 rings (SSSR count). The minimum Gasteiger partial charge on any atom is -0.366 e. The molecule has 0 aliphatic heterocycles. The molecular weight excluding hydrogens is 339 g/mol. The third kappa shape index (κ3) is 3.64. The molecule has 0 aliphatic rings. The Bertz CT molecular complexity index is 1040. The average Bonchev–Trinajstić information content (AvgIpc) is 2.92. The number of carbonyl (C=O) groups excluding carboxylic acids is 2. The van der Waals surface area contributed by atoms with Crippen LogP contribution in [-0.2, 0) is 16.0 Å². The fraction of sp³-hybridized carbons (Fsp3) is 0.167. The van der Waals surface area contributed by atoms with E-state index in [2.05, 4.69) is 20.6 Å². The number of hydrogen-bond acceptors (Lipinski definition) is 3. The molecule has 0 radical (unpaired) electrons. The third-order valence-corrected chi connectivity index (χ3v) is 4.02. The number of fused-ring (bicyclic) bond motifs is 1. The number of benzene rings is 1. The molecule has 7 nitrogen and oxygen atoms in total. The minimum atomic E-state index is -0.927. The molecule has 0 aliphatic carbocycles. The fourth-order valence-corrected chi connectivity index (χ4v) is 2.75. The van der Waals surface area contributed by atoms with Crippen molar-refractivity contribution in [2.75, 3.05) is 11.9 Å². The van der Waals surface area contributed by atoms with Crippen molar-refractivity contribution in [3.05, 3.63) is 64.0 Å². The molecule has 4 N–H and O–H groups in total. The first-order chi connectivity index (χ1) is 12.5. The first kappa shape index (κ1) is 17.4. The van der Waals surface area contributed by atoms with Gasteiger partial charge in [0.2, 0.25) is 5.43 Å². The molecule has 0 unspecified atom stereocenters. The van der Waals surface area contributed by atoms with E-state index in [4.69, 9.17) is 0 Å². The Balaban J connectivity index is 1.61. The van der Waals surface area contributed by atoms with Crippen LogP contribution in [0.2, 0.25) is 0 Å². The predicted octanol–water partition coefficient (Wildman–Crippen LogP) is 1.60. The number of anilines is 1. The van der Waals surface area contributed by atoms with Gasteiger partial charge in [0.05, 0.1) is 0 Å². The zero-order chi connectivity index (χ0) is 18.7. The number of amides is 2. The zero-order valence-corrected chi connectivity index (χ0v) is 14.0. The Hall–Kier alpha value is -3.42. The van der Waals surface area contributed by atoms with Gasteiger partial charge in [0, 0.05) is 41.6 Å². The van der Waals surface area contributed by atoms with Crippen LogP contribution in [0.1, 0.15) is 11.3 Å². The van der Waals surface area contributed by atoms with Gasteiger partial charge in [0.1, 0.15) is 11.5 Å². The lowest BCUT2D eigenvalue weighted by molar-refractivity contribution is -0.136. The molecule has 0 bridgehead atoms. The van der Waals surface area contributed by atoms with E-state index >= 15 is 0 Å². The number of rotatable bonds is 4. The molecule has 2 heterocycles. The number of aromatic amines is 2. The molecule has 8 heteroatoms. The standard InChI is InChI=1S/C18H17FN4O3/c1-10-12(13-8-11(19)2-3-14(13)22-10)4-7-21-17(25)18(26)23-15-9-20-6-5-16(15)24/h2-3,5-6,8-9,22H,4,7H2,1H3,(H,20,24)(H,21,25)(H,23,26). The van der Waals surface area contributed by atoms with Gasteiger partial charge in [-0.2, -0.15) is 0 Å². The number of aromatic nitrogens is 2. The number of hydrogen-bond donors (Lipinski definition) is 4.